The zero-order valence-corrected chi connectivity index (χ0v) is 10.9. The van der Waals surface area contributed by atoms with Crippen LogP contribution in [0.15, 0.2) is 29.1 Å². The lowest BCUT2D eigenvalue weighted by molar-refractivity contribution is 0.229. The van der Waals surface area contributed by atoms with Gasteiger partial charge in [0.2, 0.25) is 0 Å². The van der Waals surface area contributed by atoms with Crippen molar-refractivity contribution >= 4 is 10.9 Å². The molecule has 0 saturated carbocycles. The molecule has 0 spiro atoms. The highest BCUT2D eigenvalue weighted by Crippen LogP contribution is 2.04. The van der Waals surface area contributed by atoms with Crippen LogP contribution >= 0.6 is 0 Å². The van der Waals surface area contributed by atoms with E-state index in [1.807, 2.05) is 24.9 Å². The van der Waals surface area contributed by atoms with Gasteiger partial charge in [0, 0.05) is 6.54 Å². The van der Waals surface area contributed by atoms with Crippen LogP contribution in [0.3, 0.4) is 0 Å². The molecule has 1 atom stereocenters. The molecule has 0 amide bonds. The molecule has 0 N–H and O–H groups in total. The third-order valence-corrected chi connectivity index (χ3v) is 2.81. The average Bonchev–Trinajstić information content (AvgIpc) is 2.42. The molecular formula is C13H15N5O. The van der Waals surface area contributed by atoms with E-state index in [-0.39, 0.29) is 11.5 Å². The predicted molar refractivity (Wildman–Crippen MR) is 71.2 cm³/mol. The first-order valence-corrected chi connectivity index (χ1v) is 6.02. The number of hydrogen-bond acceptors (Lipinski definition) is 5. The minimum atomic E-state index is -0.165. The Morgan fingerprint density at radius 2 is 2.21 bits per heavy atom. The summed E-state index contributed by atoms with van der Waals surface area (Å²) in [6.07, 6.45) is 0. The van der Waals surface area contributed by atoms with Gasteiger partial charge in [-0.05, 0) is 26.1 Å². The van der Waals surface area contributed by atoms with E-state index in [2.05, 4.69) is 16.4 Å². The number of nitrogens with zero attached hydrogens (tertiary/aromatic N) is 5. The van der Waals surface area contributed by atoms with Crippen molar-refractivity contribution in [3.8, 4) is 6.07 Å². The molecule has 1 heterocycles. The Labute approximate surface area is 110 Å². The van der Waals surface area contributed by atoms with E-state index in [4.69, 9.17) is 5.26 Å². The highest BCUT2D eigenvalue weighted by atomic mass is 16.1. The maximum absolute atomic E-state index is 12.2. The number of fused-ring (bicyclic) bond motifs is 1. The van der Waals surface area contributed by atoms with Crippen LogP contribution in [0.1, 0.15) is 6.92 Å². The molecule has 0 saturated heterocycles. The van der Waals surface area contributed by atoms with Crippen LogP contribution in [0, 0.1) is 17.2 Å². The molecule has 0 unspecified atom stereocenters. The summed E-state index contributed by atoms with van der Waals surface area (Å²) in [5.74, 6) is -0.0888. The van der Waals surface area contributed by atoms with Crippen molar-refractivity contribution in [2.75, 3.05) is 13.6 Å². The Morgan fingerprint density at radius 3 is 2.95 bits per heavy atom. The number of nitriles is 1. The van der Waals surface area contributed by atoms with E-state index in [0.29, 0.717) is 24.1 Å². The number of rotatable bonds is 4. The smallest absolute Gasteiger partial charge is 0.278 e. The van der Waals surface area contributed by atoms with E-state index in [1.165, 1.54) is 4.68 Å². The molecule has 6 heteroatoms. The van der Waals surface area contributed by atoms with Crippen LogP contribution in [-0.4, -0.2) is 33.5 Å². The van der Waals surface area contributed by atoms with Gasteiger partial charge >= 0.3 is 0 Å². The molecule has 0 radical (unpaired) electrons. The second kappa shape index (κ2) is 5.59. The Balaban J connectivity index is 2.25. The fraction of sp³-hybridized carbons (Fsp3) is 0.385. The summed E-state index contributed by atoms with van der Waals surface area (Å²) < 4.78 is 1.31. The third-order valence-electron chi connectivity index (χ3n) is 2.81. The van der Waals surface area contributed by atoms with E-state index in [9.17, 15) is 4.79 Å². The third kappa shape index (κ3) is 2.95. The molecule has 0 fully saturated rings. The number of aromatic nitrogens is 3. The first kappa shape index (κ1) is 13.2. The van der Waals surface area contributed by atoms with Crippen LogP contribution < -0.4 is 5.56 Å². The van der Waals surface area contributed by atoms with Crippen molar-refractivity contribution in [1.29, 1.82) is 5.26 Å². The molecule has 0 aliphatic carbocycles. The SMILES string of the molecule is C[C@@H](C#N)CN(C)Cn1nnc2ccccc2c1=O. The van der Waals surface area contributed by atoms with Crippen LogP contribution in [0.4, 0.5) is 0 Å². The molecule has 2 rings (SSSR count). The van der Waals surface area contributed by atoms with Gasteiger partial charge < -0.3 is 0 Å². The topological polar surface area (TPSA) is 74.8 Å². The predicted octanol–water partition coefficient (Wildman–Crippen LogP) is 0.840. The van der Waals surface area contributed by atoms with Gasteiger partial charge in [0.1, 0.15) is 5.52 Å². The standard InChI is InChI=1S/C13H15N5O/c1-10(7-14)8-17(2)9-18-13(19)11-5-3-4-6-12(11)15-16-18/h3-6,10H,8-9H2,1-2H3/t10-/m0/s1. The van der Waals surface area contributed by atoms with Crippen LogP contribution in [0.2, 0.25) is 0 Å². The van der Waals surface area contributed by atoms with E-state index < -0.39 is 0 Å². The summed E-state index contributed by atoms with van der Waals surface area (Å²) in [6, 6.07) is 9.28. The normalized spacial score (nSPS) is 12.5. The van der Waals surface area contributed by atoms with Crippen LogP contribution in [0.5, 0.6) is 0 Å². The summed E-state index contributed by atoms with van der Waals surface area (Å²) in [4.78, 5) is 14.1. The average molecular weight is 257 g/mol. The largest absolute Gasteiger partial charge is 0.286 e. The number of hydrogen-bond donors (Lipinski definition) is 0. The maximum atomic E-state index is 12.2. The van der Waals surface area contributed by atoms with Gasteiger partial charge in [0.15, 0.2) is 0 Å². The molecular weight excluding hydrogens is 242 g/mol. The van der Waals surface area contributed by atoms with Crippen LogP contribution in [0.25, 0.3) is 10.9 Å². The molecule has 2 aromatic rings. The van der Waals surface area contributed by atoms with Gasteiger partial charge in [-0.3, -0.25) is 9.69 Å². The van der Waals surface area contributed by atoms with Gasteiger partial charge in [-0.1, -0.05) is 17.3 Å². The summed E-state index contributed by atoms with van der Waals surface area (Å²) in [5.41, 5.74) is 0.429. The number of benzene rings is 1. The highest BCUT2D eigenvalue weighted by Gasteiger charge is 2.09. The second-order valence-corrected chi connectivity index (χ2v) is 4.62. The Hall–Kier alpha value is -2.26. The highest BCUT2D eigenvalue weighted by molar-refractivity contribution is 5.76. The molecule has 1 aromatic heterocycles. The lowest BCUT2D eigenvalue weighted by Gasteiger charge is -2.17. The Morgan fingerprint density at radius 1 is 1.47 bits per heavy atom. The Bertz CT molecular complexity index is 673. The fourth-order valence-electron chi connectivity index (χ4n) is 1.91. The molecule has 1 aromatic carbocycles. The molecule has 0 bridgehead atoms. The lowest BCUT2D eigenvalue weighted by Crippen LogP contribution is -2.34. The monoisotopic (exact) mass is 257 g/mol. The van der Waals surface area contributed by atoms with Crippen molar-refractivity contribution in [3.63, 3.8) is 0 Å². The second-order valence-electron chi connectivity index (χ2n) is 4.62. The quantitative estimate of drug-likeness (QED) is 0.811. The van der Waals surface area contributed by atoms with Gasteiger partial charge in [0.25, 0.3) is 5.56 Å². The minimum Gasteiger partial charge on any atom is -0.286 e. The first-order chi connectivity index (χ1) is 9.11. The molecule has 0 aliphatic heterocycles. The van der Waals surface area contributed by atoms with Crippen molar-refractivity contribution < 1.29 is 0 Å². The summed E-state index contributed by atoms with van der Waals surface area (Å²) >= 11 is 0. The first-order valence-electron chi connectivity index (χ1n) is 6.02. The zero-order chi connectivity index (χ0) is 13.8. The lowest BCUT2D eigenvalue weighted by atomic mass is 10.2. The van der Waals surface area contributed by atoms with Crippen molar-refractivity contribution in [2.45, 2.75) is 13.6 Å². The van der Waals surface area contributed by atoms with Crippen molar-refractivity contribution in [2.24, 2.45) is 5.92 Å². The summed E-state index contributed by atoms with van der Waals surface area (Å²) in [7, 11) is 1.84. The van der Waals surface area contributed by atoms with Gasteiger partial charge in [0.05, 0.1) is 24.0 Å². The molecule has 6 nitrogen and oxygen atoms in total. The molecule has 19 heavy (non-hydrogen) atoms. The van der Waals surface area contributed by atoms with Crippen molar-refractivity contribution in [3.05, 3.63) is 34.6 Å². The fourth-order valence-corrected chi connectivity index (χ4v) is 1.91. The summed E-state index contributed by atoms with van der Waals surface area (Å²) in [5, 5.41) is 17.3. The van der Waals surface area contributed by atoms with E-state index >= 15 is 0 Å². The van der Waals surface area contributed by atoms with E-state index in [1.54, 1.807) is 18.2 Å². The maximum Gasteiger partial charge on any atom is 0.278 e. The summed E-state index contributed by atoms with van der Waals surface area (Å²) in [6.45, 7) is 2.74. The molecule has 0 aliphatic rings. The van der Waals surface area contributed by atoms with Gasteiger partial charge in [-0.15, -0.1) is 5.10 Å². The minimum absolute atomic E-state index is 0.0888. The van der Waals surface area contributed by atoms with E-state index in [0.717, 1.165) is 0 Å². The van der Waals surface area contributed by atoms with Gasteiger partial charge in [-0.2, -0.15) is 9.94 Å². The van der Waals surface area contributed by atoms with Gasteiger partial charge in [-0.25, -0.2) is 0 Å². The Kier molecular flexibility index (Phi) is 3.88. The zero-order valence-electron chi connectivity index (χ0n) is 10.9. The molecule has 98 valence electrons. The van der Waals surface area contributed by atoms with Crippen LogP contribution in [-0.2, 0) is 6.67 Å². The van der Waals surface area contributed by atoms with Crippen molar-refractivity contribution in [1.82, 2.24) is 19.9 Å².